The molecule has 1 aromatic heterocycles. The van der Waals surface area contributed by atoms with Crippen LogP contribution < -0.4 is 4.90 Å². The number of hydrogen-bond acceptors (Lipinski definition) is 4. The Labute approximate surface area is 112 Å². The largest absolute Gasteiger partial charge is 0.508 e. The van der Waals surface area contributed by atoms with Crippen molar-refractivity contribution in [1.82, 2.24) is 4.98 Å². The zero-order valence-corrected chi connectivity index (χ0v) is 11.2. The number of benzene rings is 1. The number of phenolic OH excluding ortho intramolecular Hbond substituents is 1. The molecule has 0 aliphatic carbocycles. The van der Waals surface area contributed by atoms with E-state index >= 15 is 0 Å². The molecule has 4 heteroatoms. The van der Waals surface area contributed by atoms with Gasteiger partial charge in [-0.2, -0.15) is 5.26 Å². The number of nitriles is 1. The maximum atomic E-state index is 9.65. The van der Waals surface area contributed by atoms with Gasteiger partial charge in [0.2, 0.25) is 0 Å². The van der Waals surface area contributed by atoms with E-state index in [-0.39, 0.29) is 11.8 Å². The fourth-order valence-electron chi connectivity index (χ4n) is 2.15. The van der Waals surface area contributed by atoms with Crippen molar-refractivity contribution in [3.8, 4) is 11.8 Å². The number of pyridine rings is 1. The van der Waals surface area contributed by atoms with E-state index in [2.05, 4.69) is 29.8 Å². The Morgan fingerprint density at radius 3 is 2.84 bits per heavy atom. The van der Waals surface area contributed by atoms with Crippen molar-refractivity contribution in [2.75, 3.05) is 11.4 Å². The number of fused-ring (bicyclic) bond motifs is 1. The van der Waals surface area contributed by atoms with Crippen LogP contribution in [-0.4, -0.2) is 22.7 Å². The molecular weight excluding hydrogens is 238 g/mol. The number of phenols is 1. The van der Waals surface area contributed by atoms with E-state index in [1.54, 1.807) is 18.3 Å². The van der Waals surface area contributed by atoms with Crippen molar-refractivity contribution >= 4 is 16.6 Å². The molecule has 0 aliphatic rings. The molecule has 19 heavy (non-hydrogen) atoms. The van der Waals surface area contributed by atoms with Gasteiger partial charge in [-0.15, -0.1) is 0 Å². The summed E-state index contributed by atoms with van der Waals surface area (Å²) in [4.78, 5) is 6.52. The Hall–Kier alpha value is -2.28. The second-order valence-electron chi connectivity index (χ2n) is 4.74. The van der Waals surface area contributed by atoms with Gasteiger partial charge in [0.15, 0.2) is 0 Å². The van der Waals surface area contributed by atoms with Crippen LogP contribution >= 0.6 is 0 Å². The molecule has 0 saturated carbocycles. The van der Waals surface area contributed by atoms with Gasteiger partial charge in [-0.3, -0.25) is 0 Å². The molecule has 0 radical (unpaired) electrons. The normalized spacial score (nSPS) is 10.6. The minimum absolute atomic E-state index is 0.228. The van der Waals surface area contributed by atoms with Crippen LogP contribution in [0.1, 0.15) is 20.3 Å². The van der Waals surface area contributed by atoms with Crippen LogP contribution in [0.25, 0.3) is 10.8 Å². The van der Waals surface area contributed by atoms with Gasteiger partial charge in [-0.25, -0.2) is 4.98 Å². The number of nitrogens with zero attached hydrogens (tertiary/aromatic N) is 3. The first kappa shape index (κ1) is 13.2. The van der Waals surface area contributed by atoms with Gasteiger partial charge in [0, 0.05) is 24.2 Å². The average Bonchev–Trinajstić information content (AvgIpc) is 2.39. The van der Waals surface area contributed by atoms with Crippen LogP contribution in [-0.2, 0) is 0 Å². The number of aromatic hydroxyl groups is 1. The molecule has 2 rings (SSSR count). The lowest BCUT2D eigenvalue weighted by Crippen LogP contribution is -2.32. The van der Waals surface area contributed by atoms with E-state index in [0.717, 1.165) is 16.6 Å². The van der Waals surface area contributed by atoms with Crippen molar-refractivity contribution < 1.29 is 5.11 Å². The predicted molar refractivity (Wildman–Crippen MR) is 76.1 cm³/mol. The summed E-state index contributed by atoms with van der Waals surface area (Å²) in [6.45, 7) is 4.78. The minimum atomic E-state index is 0.228. The van der Waals surface area contributed by atoms with E-state index in [1.807, 2.05) is 12.1 Å². The molecule has 1 heterocycles. The number of rotatable bonds is 4. The second-order valence-corrected chi connectivity index (χ2v) is 4.74. The Kier molecular flexibility index (Phi) is 3.86. The van der Waals surface area contributed by atoms with Gasteiger partial charge in [-0.1, -0.05) is 6.07 Å². The van der Waals surface area contributed by atoms with Crippen molar-refractivity contribution in [3.63, 3.8) is 0 Å². The van der Waals surface area contributed by atoms with E-state index < -0.39 is 0 Å². The monoisotopic (exact) mass is 255 g/mol. The van der Waals surface area contributed by atoms with E-state index in [4.69, 9.17) is 5.26 Å². The topological polar surface area (TPSA) is 60.2 Å². The molecule has 0 unspecified atom stereocenters. The van der Waals surface area contributed by atoms with Gasteiger partial charge in [0.25, 0.3) is 0 Å². The summed E-state index contributed by atoms with van der Waals surface area (Å²) in [5.74, 6) is 1.05. The summed E-state index contributed by atoms with van der Waals surface area (Å²) in [7, 11) is 0. The average molecular weight is 255 g/mol. The van der Waals surface area contributed by atoms with Gasteiger partial charge in [-0.05, 0) is 37.4 Å². The summed E-state index contributed by atoms with van der Waals surface area (Å²) < 4.78 is 0. The summed E-state index contributed by atoms with van der Waals surface area (Å²) in [5, 5.41) is 20.4. The SMILES string of the molecule is CC(C)N(CCC#N)c1nccc2ccc(O)cc12. The molecule has 0 saturated heterocycles. The van der Waals surface area contributed by atoms with Crippen molar-refractivity contribution in [2.45, 2.75) is 26.3 Å². The highest BCUT2D eigenvalue weighted by molar-refractivity contribution is 5.93. The van der Waals surface area contributed by atoms with E-state index in [0.29, 0.717) is 13.0 Å². The lowest BCUT2D eigenvalue weighted by atomic mass is 10.1. The zero-order chi connectivity index (χ0) is 13.8. The molecule has 0 aliphatic heterocycles. The zero-order valence-electron chi connectivity index (χ0n) is 11.2. The fraction of sp³-hybridized carbons (Fsp3) is 0.333. The highest BCUT2D eigenvalue weighted by Crippen LogP contribution is 2.28. The molecule has 98 valence electrons. The molecule has 1 aromatic carbocycles. The second kappa shape index (κ2) is 5.57. The first-order chi connectivity index (χ1) is 9.13. The summed E-state index contributed by atoms with van der Waals surface area (Å²) in [5.41, 5.74) is 0. The third kappa shape index (κ3) is 2.76. The van der Waals surface area contributed by atoms with Crippen molar-refractivity contribution in [3.05, 3.63) is 30.5 Å². The number of aromatic nitrogens is 1. The number of hydrogen-bond donors (Lipinski definition) is 1. The maximum Gasteiger partial charge on any atom is 0.136 e. The molecule has 0 spiro atoms. The van der Waals surface area contributed by atoms with Crippen LogP contribution in [0.5, 0.6) is 5.75 Å². The fourth-order valence-corrected chi connectivity index (χ4v) is 2.15. The standard InChI is InChI=1S/C15H17N3O/c1-11(2)18(9-3-7-16)15-14-10-13(19)5-4-12(14)6-8-17-15/h4-6,8,10-11,19H,3,9H2,1-2H3. The first-order valence-electron chi connectivity index (χ1n) is 6.35. The Morgan fingerprint density at radius 1 is 1.37 bits per heavy atom. The van der Waals surface area contributed by atoms with Crippen LogP contribution in [0.3, 0.4) is 0 Å². The van der Waals surface area contributed by atoms with Gasteiger partial charge in [0.05, 0.1) is 12.5 Å². The smallest absolute Gasteiger partial charge is 0.136 e. The molecule has 0 fully saturated rings. The van der Waals surface area contributed by atoms with E-state index in [9.17, 15) is 5.11 Å². The Morgan fingerprint density at radius 2 is 2.16 bits per heavy atom. The predicted octanol–water partition coefficient (Wildman–Crippen LogP) is 3.07. The number of anilines is 1. The molecule has 1 N–H and O–H groups in total. The summed E-state index contributed by atoms with van der Waals surface area (Å²) in [6.07, 6.45) is 2.21. The minimum Gasteiger partial charge on any atom is -0.508 e. The molecule has 4 nitrogen and oxygen atoms in total. The van der Waals surface area contributed by atoms with Gasteiger partial charge < -0.3 is 10.0 Å². The summed E-state index contributed by atoms with van der Waals surface area (Å²) >= 11 is 0. The van der Waals surface area contributed by atoms with Crippen molar-refractivity contribution in [2.24, 2.45) is 0 Å². The van der Waals surface area contributed by atoms with Crippen LogP contribution in [0.4, 0.5) is 5.82 Å². The third-order valence-corrected chi connectivity index (χ3v) is 3.09. The Balaban J connectivity index is 2.52. The van der Waals surface area contributed by atoms with E-state index in [1.165, 1.54) is 0 Å². The van der Waals surface area contributed by atoms with Gasteiger partial charge >= 0.3 is 0 Å². The highest BCUT2D eigenvalue weighted by Gasteiger charge is 2.14. The molecule has 0 bridgehead atoms. The molecule has 0 atom stereocenters. The lowest BCUT2D eigenvalue weighted by Gasteiger charge is -2.28. The first-order valence-corrected chi connectivity index (χ1v) is 6.35. The maximum absolute atomic E-state index is 9.65. The van der Waals surface area contributed by atoms with Crippen LogP contribution in [0.15, 0.2) is 30.5 Å². The third-order valence-electron chi connectivity index (χ3n) is 3.09. The highest BCUT2D eigenvalue weighted by atomic mass is 16.3. The lowest BCUT2D eigenvalue weighted by molar-refractivity contribution is 0.476. The van der Waals surface area contributed by atoms with Gasteiger partial charge in [0.1, 0.15) is 11.6 Å². The quantitative estimate of drug-likeness (QED) is 0.912. The molecule has 2 aromatic rings. The molecule has 0 amide bonds. The molecular formula is C15H17N3O. The van der Waals surface area contributed by atoms with Crippen molar-refractivity contribution in [1.29, 1.82) is 5.26 Å². The van der Waals surface area contributed by atoms with Crippen LogP contribution in [0.2, 0.25) is 0 Å². The van der Waals surface area contributed by atoms with Crippen LogP contribution in [0, 0.1) is 11.3 Å². The summed E-state index contributed by atoms with van der Waals surface area (Å²) in [6, 6.07) is 9.59. The Bertz CT molecular complexity index is 616.